The third-order valence-corrected chi connectivity index (χ3v) is 5.99. The van der Waals surface area contributed by atoms with E-state index in [4.69, 9.17) is 4.74 Å². The fraction of sp³-hybridized carbons (Fsp3) is 0.647. The lowest BCUT2D eigenvalue weighted by Crippen LogP contribution is -2.50. The zero-order valence-corrected chi connectivity index (χ0v) is 15.3. The first-order valence-corrected chi connectivity index (χ1v) is 10.0. The molecule has 1 aliphatic heterocycles. The molecule has 0 amide bonds. The Morgan fingerprint density at radius 2 is 2.13 bits per heavy atom. The van der Waals surface area contributed by atoms with E-state index in [2.05, 4.69) is 24.4 Å². The van der Waals surface area contributed by atoms with Crippen molar-refractivity contribution in [1.29, 1.82) is 0 Å². The van der Waals surface area contributed by atoms with Crippen LogP contribution in [0.1, 0.15) is 30.9 Å². The number of methoxy groups -OCH3 is 1. The summed E-state index contributed by atoms with van der Waals surface area (Å²) >= 11 is 0. The molecule has 0 spiro atoms. The molecule has 0 saturated carbocycles. The minimum Gasteiger partial charge on any atom is -0.496 e. The van der Waals surface area contributed by atoms with Crippen molar-refractivity contribution in [1.82, 2.24) is 9.62 Å². The molecule has 1 aromatic rings. The van der Waals surface area contributed by atoms with Crippen LogP contribution in [0.25, 0.3) is 0 Å². The molecular weight excluding hydrogens is 312 g/mol. The SMILES string of the molecule is CCC1CN(S(C)(=O)=O)CCC1NCc1ccc(OC)c(C)c1. The van der Waals surface area contributed by atoms with Gasteiger partial charge >= 0.3 is 0 Å². The summed E-state index contributed by atoms with van der Waals surface area (Å²) in [5, 5.41) is 3.61. The second-order valence-electron chi connectivity index (χ2n) is 6.37. The molecule has 1 fully saturated rings. The summed E-state index contributed by atoms with van der Waals surface area (Å²) in [5.74, 6) is 1.26. The van der Waals surface area contributed by atoms with Gasteiger partial charge in [0.25, 0.3) is 0 Å². The number of aryl methyl sites for hydroxylation is 1. The van der Waals surface area contributed by atoms with Crippen molar-refractivity contribution >= 4 is 10.0 Å². The van der Waals surface area contributed by atoms with Gasteiger partial charge in [-0.3, -0.25) is 0 Å². The van der Waals surface area contributed by atoms with Crippen molar-refractivity contribution in [2.24, 2.45) is 5.92 Å². The standard InChI is InChI=1S/C17H28N2O3S/c1-5-15-12-19(23(4,20)21)9-8-16(15)18-11-14-6-7-17(22-3)13(2)10-14/h6-7,10,15-16,18H,5,8-9,11-12H2,1-4H3. The van der Waals surface area contributed by atoms with Crippen molar-refractivity contribution in [3.8, 4) is 5.75 Å². The molecule has 1 aromatic carbocycles. The van der Waals surface area contributed by atoms with Gasteiger partial charge in [0.15, 0.2) is 0 Å². The molecular formula is C17H28N2O3S. The molecule has 130 valence electrons. The summed E-state index contributed by atoms with van der Waals surface area (Å²) in [6.07, 6.45) is 3.14. The molecule has 6 heteroatoms. The van der Waals surface area contributed by atoms with Crippen LogP contribution in [0.15, 0.2) is 18.2 Å². The summed E-state index contributed by atoms with van der Waals surface area (Å²) in [7, 11) is -1.40. The topological polar surface area (TPSA) is 58.6 Å². The maximum atomic E-state index is 11.7. The molecule has 0 aliphatic carbocycles. The second kappa shape index (κ2) is 7.64. The molecule has 2 unspecified atom stereocenters. The number of nitrogens with zero attached hydrogens (tertiary/aromatic N) is 1. The molecule has 2 rings (SSSR count). The molecule has 1 saturated heterocycles. The highest BCUT2D eigenvalue weighted by Crippen LogP contribution is 2.23. The number of hydrogen-bond donors (Lipinski definition) is 1. The van der Waals surface area contributed by atoms with Gasteiger partial charge in [-0.2, -0.15) is 0 Å². The zero-order chi connectivity index (χ0) is 17.0. The lowest BCUT2D eigenvalue weighted by molar-refractivity contribution is 0.202. The Morgan fingerprint density at radius 1 is 1.39 bits per heavy atom. The Hall–Kier alpha value is -1.11. The van der Waals surface area contributed by atoms with Gasteiger partial charge in [0.05, 0.1) is 13.4 Å². The van der Waals surface area contributed by atoms with Crippen molar-refractivity contribution in [2.75, 3.05) is 26.5 Å². The average molecular weight is 340 g/mol. The maximum Gasteiger partial charge on any atom is 0.211 e. The van der Waals surface area contributed by atoms with E-state index in [-0.39, 0.29) is 0 Å². The predicted octanol–water partition coefficient (Wildman–Crippen LogP) is 2.15. The first kappa shape index (κ1) is 18.2. The van der Waals surface area contributed by atoms with E-state index < -0.39 is 10.0 Å². The highest BCUT2D eigenvalue weighted by atomic mass is 32.2. The van der Waals surface area contributed by atoms with Gasteiger partial charge in [0.2, 0.25) is 10.0 Å². The van der Waals surface area contributed by atoms with E-state index in [1.807, 2.05) is 13.0 Å². The Morgan fingerprint density at radius 3 is 2.70 bits per heavy atom. The van der Waals surface area contributed by atoms with Crippen LogP contribution in [0.4, 0.5) is 0 Å². The smallest absolute Gasteiger partial charge is 0.211 e. The molecule has 1 heterocycles. The number of sulfonamides is 1. The van der Waals surface area contributed by atoms with Crippen LogP contribution in [0.3, 0.4) is 0 Å². The van der Waals surface area contributed by atoms with Crippen molar-refractivity contribution < 1.29 is 13.2 Å². The monoisotopic (exact) mass is 340 g/mol. The summed E-state index contributed by atoms with van der Waals surface area (Å²) in [6, 6.07) is 6.57. The van der Waals surface area contributed by atoms with Crippen molar-refractivity contribution in [3.63, 3.8) is 0 Å². The van der Waals surface area contributed by atoms with Crippen LogP contribution < -0.4 is 10.1 Å². The average Bonchev–Trinajstić information content (AvgIpc) is 2.52. The number of hydrogen-bond acceptors (Lipinski definition) is 4. The van der Waals surface area contributed by atoms with Gasteiger partial charge < -0.3 is 10.1 Å². The second-order valence-corrected chi connectivity index (χ2v) is 8.35. The number of benzene rings is 1. The highest BCUT2D eigenvalue weighted by Gasteiger charge is 2.31. The van der Waals surface area contributed by atoms with Crippen LogP contribution in [0, 0.1) is 12.8 Å². The van der Waals surface area contributed by atoms with Crippen molar-refractivity contribution in [3.05, 3.63) is 29.3 Å². The van der Waals surface area contributed by atoms with Crippen LogP contribution >= 0.6 is 0 Å². The van der Waals surface area contributed by atoms with Gasteiger partial charge in [0.1, 0.15) is 5.75 Å². The summed E-state index contributed by atoms with van der Waals surface area (Å²) in [6.45, 7) is 6.19. The van der Waals surface area contributed by atoms with Gasteiger partial charge in [0, 0.05) is 25.7 Å². The Kier molecular flexibility index (Phi) is 6.06. The van der Waals surface area contributed by atoms with Crippen LogP contribution in [-0.2, 0) is 16.6 Å². The molecule has 2 atom stereocenters. The van der Waals surface area contributed by atoms with E-state index in [0.717, 1.165) is 30.7 Å². The Bertz CT molecular complexity index is 631. The summed E-state index contributed by atoms with van der Waals surface area (Å²) < 4.78 is 30.3. The van der Waals surface area contributed by atoms with Crippen LogP contribution in [-0.4, -0.2) is 45.2 Å². The van der Waals surface area contributed by atoms with Crippen molar-refractivity contribution in [2.45, 2.75) is 39.3 Å². The summed E-state index contributed by atoms with van der Waals surface area (Å²) in [5.41, 5.74) is 2.36. The van der Waals surface area contributed by atoms with Gasteiger partial charge in [-0.05, 0) is 36.5 Å². The molecule has 1 N–H and O–H groups in total. The lowest BCUT2D eigenvalue weighted by Gasteiger charge is -2.37. The van der Waals surface area contributed by atoms with E-state index in [1.165, 1.54) is 11.8 Å². The lowest BCUT2D eigenvalue weighted by atomic mass is 9.91. The predicted molar refractivity (Wildman–Crippen MR) is 93.2 cm³/mol. The van der Waals surface area contributed by atoms with Gasteiger partial charge in [-0.1, -0.05) is 25.5 Å². The first-order valence-electron chi connectivity index (χ1n) is 8.17. The number of ether oxygens (including phenoxy) is 1. The van der Waals surface area contributed by atoms with E-state index in [9.17, 15) is 8.42 Å². The molecule has 0 radical (unpaired) electrons. The minimum atomic E-state index is -3.08. The maximum absolute atomic E-state index is 11.7. The molecule has 23 heavy (non-hydrogen) atoms. The quantitative estimate of drug-likeness (QED) is 0.862. The Labute approximate surface area is 140 Å². The number of nitrogens with one attached hydrogen (secondary N) is 1. The van der Waals surface area contributed by atoms with Gasteiger partial charge in [-0.25, -0.2) is 12.7 Å². The fourth-order valence-corrected chi connectivity index (χ4v) is 4.18. The molecule has 0 aromatic heterocycles. The first-order chi connectivity index (χ1) is 10.8. The Balaban J connectivity index is 1.96. The van der Waals surface area contributed by atoms with Crippen LogP contribution in [0.5, 0.6) is 5.75 Å². The number of rotatable bonds is 6. The van der Waals surface area contributed by atoms with Crippen LogP contribution in [0.2, 0.25) is 0 Å². The van der Waals surface area contributed by atoms with E-state index in [1.54, 1.807) is 11.4 Å². The third-order valence-electron chi connectivity index (χ3n) is 4.72. The molecule has 5 nitrogen and oxygen atoms in total. The number of piperidine rings is 1. The van der Waals surface area contributed by atoms with E-state index >= 15 is 0 Å². The third kappa shape index (κ3) is 4.68. The highest BCUT2D eigenvalue weighted by molar-refractivity contribution is 7.88. The fourth-order valence-electron chi connectivity index (χ4n) is 3.28. The zero-order valence-electron chi connectivity index (χ0n) is 14.5. The molecule has 0 bridgehead atoms. The minimum absolute atomic E-state index is 0.359. The largest absolute Gasteiger partial charge is 0.496 e. The normalized spacial score (nSPS) is 23.0. The molecule has 1 aliphatic rings. The van der Waals surface area contributed by atoms with Gasteiger partial charge in [-0.15, -0.1) is 0 Å². The summed E-state index contributed by atoms with van der Waals surface area (Å²) in [4.78, 5) is 0. The van der Waals surface area contributed by atoms with E-state index in [0.29, 0.717) is 25.0 Å².